The van der Waals surface area contributed by atoms with E-state index in [-0.39, 0.29) is 44.3 Å². The van der Waals surface area contributed by atoms with Gasteiger partial charge in [-0.2, -0.15) is 0 Å². The van der Waals surface area contributed by atoms with Gasteiger partial charge in [-0.05, 0) is 31.6 Å². The molecule has 1 aliphatic rings. The summed E-state index contributed by atoms with van der Waals surface area (Å²) in [5.41, 5.74) is 0. The average molecular weight is 893 g/mol. The monoisotopic (exact) mass is 893 g/mol. The fourth-order valence-corrected chi connectivity index (χ4v) is 8.38. The quantitative estimate of drug-likeness (QED) is 0.0148. The van der Waals surface area contributed by atoms with Gasteiger partial charge in [0.2, 0.25) is 0 Å². The van der Waals surface area contributed by atoms with Crippen LogP contribution in [-0.2, 0) is 37.5 Å². The zero-order valence-corrected chi connectivity index (χ0v) is 38.8. The van der Waals surface area contributed by atoms with E-state index < -0.39 is 88.5 Å². The highest BCUT2D eigenvalue weighted by molar-refractivity contribution is 7.47. The highest BCUT2D eigenvalue weighted by Crippen LogP contribution is 2.43. The van der Waals surface area contributed by atoms with Gasteiger partial charge in [0.25, 0.3) is 0 Å². The fourth-order valence-electron chi connectivity index (χ4n) is 7.59. The SMILES string of the molecule is CCCCC[C@H](O)/C=C/[C@@H]1[C@@H](CC(=O)CCCCC(=O)O[C@H](COC(=O)CCCCCCCCCCCCCCCCC(C)C)COP(=O)(O)OC[C@@H](O)CO)[C@@H](O)C[C@H]1O. The topological polar surface area (TPSA) is 227 Å². The third kappa shape index (κ3) is 30.9. The molecule has 61 heavy (non-hydrogen) atoms. The molecule has 1 fully saturated rings. The second kappa shape index (κ2) is 35.6. The number of aliphatic hydroxyl groups is 5. The van der Waals surface area contributed by atoms with Crippen LogP contribution in [-0.4, -0.2) is 105 Å². The molecule has 0 bridgehead atoms. The standard InChI is InChI=1S/C46H85O14P/c1-4-5-18-24-37(48)28-29-41-42(44(52)31-43(41)51)30-38(49)25-21-22-27-46(54)60-40(35-59-61(55,56)58-33-39(50)32-47)34-57-45(53)26-20-17-15-13-11-9-7-6-8-10-12-14-16-19-23-36(2)3/h28-29,36-37,39-44,47-48,50-52H,4-27,30-35H2,1-3H3,(H,55,56)/b29-28+/t37-,39-,40+,41+,42+,43+,44-/m0/s1. The molecule has 15 heteroatoms. The Kier molecular flexibility index (Phi) is 33.4. The van der Waals surface area contributed by atoms with Crippen LogP contribution in [0.2, 0.25) is 0 Å². The molecule has 0 aliphatic heterocycles. The van der Waals surface area contributed by atoms with Crippen molar-refractivity contribution in [3.63, 3.8) is 0 Å². The van der Waals surface area contributed by atoms with Gasteiger partial charge in [0, 0.05) is 43.9 Å². The number of Topliss-reactive ketones (excluding diaryl/α,β-unsaturated/α-hetero) is 1. The largest absolute Gasteiger partial charge is 0.472 e. The number of unbranched alkanes of at least 4 members (excludes halogenated alkanes) is 16. The summed E-state index contributed by atoms with van der Waals surface area (Å²) in [6.07, 6.45) is 20.9. The van der Waals surface area contributed by atoms with Gasteiger partial charge >= 0.3 is 19.8 Å². The maximum atomic E-state index is 12.9. The Balaban J connectivity index is 2.44. The highest BCUT2D eigenvalue weighted by atomic mass is 31.2. The van der Waals surface area contributed by atoms with Crippen molar-refractivity contribution in [2.45, 2.75) is 218 Å². The van der Waals surface area contributed by atoms with E-state index in [1.165, 1.54) is 70.6 Å². The maximum Gasteiger partial charge on any atom is 0.472 e. The van der Waals surface area contributed by atoms with Crippen LogP contribution < -0.4 is 0 Å². The first-order chi connectivity index (χ1) is 29.2. The number of ketones is 1. The molecular weight excluding hydrogens is 807 g/mol. The molecular formula is C46H85O14P. The highest BCUT2D eigenvalue weighted by Gasteiger charge is 2.41. The zero-order valence-electron chi connectivity index (χ0n) is 37.9. The summed E-state index contributed by atoms with van der Waals surface area (Å²) in [6.45, 7) is 4.19. The number of hydrogen-bond donors (Lipinski definition) is 6. The van der Waals surface area contributed by atoms with Crippen molar-refractivity contribution in [1.29, 1.82) is 0 Å². The van der Waals surface area contributed by atoms with Crippen molar-refractivity contribution in [2.75, 3.05) is 26.4 Å². The fraction of sp³-hybridized carbons (Fsp3) is 0.891. The van der Waals surface area contributed by atoms with E-state index in [2.05, 4.69) is 25.3 Å². The van der Waals surface area contributed by atoms with Gasteiger partial charge in [0.05, 0.1) is 38.1 Å². The van der Waals surface area contributed by atoms with Gasteiger partial charge in [-0.25, -0.2) is 4.57 Å². The lowest BCUT2D eigenvalue weighted by Crippen LogP contribution is -2.30. The van der Waals surface area contributed by atoms with Gasteiger partial charge in [0.1, 0.15) is 18.5 Å². The van der Waals surface area contributed by atoms with Gasteiger partial charge in [-0.15, -0.1) is 0 Å². The van der Waals surface area contributed by atoms with E-state index in [1.54, 1.807) is 12.2 Å². The molecule has 1 rings (SSSR count). The van der Waals surface area contributed by atoms with Crippen LogP contribution in [0.3, 0.4) is 0 Å². The van der Waals surface area contributed by atoms with Crippen LogP contribution >= 0.6 is 7.82 Å². The zero-order chi connectivity index (χ0) is 45.3. The van der Waals surface area contributed by atoms with Crippen LogP contribution in [0, 0.1) is 17.8 Å². The minimum absolute atomic E-state index is 0.0477. The lowest BCUT2D eigenvalue weighted by molar-refractivity contribution is -0.161. The van der Waals surface area contributed by atoms with Crippen molar-refractivity contribution in [3.05, 3.63) is 12.2 Å². The molecule has 0 saturated heterocycles. The number of hydrogen-bond acceptors (Lipinski definition) is 13. The molecule has 0 radical (unpaired) electrons. The summed E-state index contributed by atoms with van der Waals surface area (Å²) in [6, 6.07) is 0. The second-order valence-electron chi connectivity index (χ2n) is 17.6. The minimum atomic E-state index is -4.72. The van der Waals surface area contributed by atoms with Crippen molar-refractivity contribution >= 4 is 25.5 Å². The Hall–Kier alpha value is -1.74. The first-order valence-electron chi connectivity index (χ1n) is 23.7. The molecule has 14 nitrogen and oxygen atoms in total. The van der Waals surface area contributed by atoms with Gasteiger partial charge in [0.15, 0.2) is 6.10 Å². The van der Waals surface area contributed by atoms with Gasteiger partial charge in [-0.1, -0.05) is 142 Å². The van der Waals surface area contributed by atoms with Crippen molar-refractivity contribution in [1.82, 2.24) is 0 Å². The van der Waals surface area contributed by atoms with Gasteiger partial charge < -0.3 is 39.9 Å². The molecule has 0 amide bonds. The number of carbonyl (C=O) groups is 3. The van der Waals surface area contributed by atoms with E-state index in [0.717, 1.165) is 44.4 Å². The van der Waals surface area contributed by atoms with Crippen LogP contribution in [0.15, 0.2) is 12.2 Å². The van der Waals surface area contributed by atoms with Crippen LogP contribution in [0.5, 0.6) is 0 Å². The molecule has 358 valence electrons. The first-order valence-corrected chi connectivity index (χ1v) is 25.2. The average Bonchev–Trinajstić information content (AvgIpc) is 3.48. The van der Waals surface area contributed by atoms with Crippen molar-refractivity contribution in [3.8, 4) is 0 Å². The Morgan fingerprint density at radius 3 is 1.80 bits per heavy atom. The summed E-state index contributed by atoms with van der Waals surface area (Å²) >= 11 is 0. The minimum Gasteiger partial charge on any atom is -0.462 e. The van der Waals surface area contributed by atoms with Crippen LogP contribution in [0.4, 0.5) is 0 Å². The molecule has 6 N–H and O–H groups in total. The predicted molar refractivity (Wildman–Crippen MR) is 235 cm³/mol. The number of phosphoric acid groups is 1. The number of phosphoric ester groups is 1. The number of carbonyl (C=O) groups excluding carboxylic acids is 3. The second-order valence-corrected chi connectivity index (χ2v) is 19.0. The molecule has 1 saturated carbocycles. The Labute approximate surface area is 367 Å². The first kappa shape index (κ1) is 57.3. The number of aliphatic hydroxyl groups excluding tert-OH is 5. The predicted octanol–water partition coefficient (Wildman–Crippen LogP) is 8.20. The molecule has 0 aromatic heterocycles. The lowest BCUT2D eigenvalue weighted by atomic mass is 9.87. The van der Waals surface area contributed by atoms with E-state index in [4.69, 9.17) is 19.1 Å². The normalized spacial score (nSPS) is 20.5. The molecule has 1 aliphatic carbocycles. The smallest absolute Gasteiger partial charge is 0.462 e. The Bertz CT molecular complexity index is 1210. The summed E-state index contributed by atoms with van der Waals surface area (Å²) < 4.78 is 32.7. The van der Waals surface area contributed by atoms with Crippen molar-refractivity contribution in [2.24, 2.45) is 17.8 Å². The summed E-state index contributed by atoms with van der Waals surface area (Å²) in [4.78, 5) is 48.1. The molecule has 8 atom stereocenters. The number of esters is 2. The lowest BCUT2D eigenvalue weighted by Gasteiger charge is -2.21. The van der Waals surface area contributed by atoms with E-state index >= 15 is 0 Å². The molecule has 1 unspecified atom stereocenters. The maximum absolute atomic E-state index is 12.9. The van der Waals surface area contributed by atoms with E-state index in [1.807, 2.05) is 0 Å². The van der Waals surface area contributed by atoms with E-state index in [9.17, 15) is 44.3 Å². The van der Waals surface area contributed by atoms with Crippen LogP contribution in [0.1, 0.15) is 188 Å². The summed E-state index contributed by atoms with van der Waals surface area (Å²) in [5.74, 6) is -1.47. The van der Waals surface area contributed by atoms with E-state index in [0.29, 0.717) is 19.3 Å². The third-order valence-corrected chi connectivity index (χ3v) is 12.3. The summed E-state index contributed by atoms with van der Waals surface area (Å²) in [5, 5.41) is 49.7. The Morgan fingerprint density at radius 2 is 1.21 bits per heavy atom. The number of ether oxygens (including phenoxy) is 2. The molecule has 0 spiro atoms. The van der Waals surface area contributed by atoms with Crippen molar-refractivity contribution < 1.29 is 67.9 Å². The molecule has 0 aromatic carbocycles. The molecule has 0 aromatic rings. The summed E-state index contributed by atoms with van der Waals surface area (Å²) in [7, 11) is -4.72. The third-order valence-electron chi connectivity index (χ3n) is 11.3. The van der Waals surface area contributed by atoms with Gasteiger partial charge in [-0.3, -0.25) is 23.4 Å². The molecule has 0 heterocycles. The Morgan fingerprint density at radius 1 is 0.689 bits per heavy atom. The number of rotatable bonds is 40. The van der Waals surface area contributed by atoms with Crippen LogP contribution in [0.25, 0.3) is 0 Å².